The number of hydrogen-bond donors (Lipinski definition) is 1. The lowest BCUT2D eigenvalue weighted by Gasteiger charge is -2.24. The molecule has 0 radical (unpaired) electrons. The molecule has 34 heavy (non-hydrogen) atoms. The van der Waals surface area contributed by atoms with Crippen molar-refractivity contribution >= 4 is 17.7 Å². The minimum absolute atomic E-state index is 0.371. The zero-order chi connectivity index (χ0) is 24.1. The number of halogens is 1. The van der Waals surface area contributed by atoms with Crippen LogP contribution >= 0.6 is 11.6 Å². The summed E-state index contributed by atoms with van der Waals surface area (Å²) in [6.45, 7) is 5.50. The van der Waals surface area contributed by atoms with E-state index in [0.29, 0.717) is 17.1 Å². The van der Waals surface area contributed by atoms with Crippen molar-refractivity contribution in [3.05, 3.63) is 89.5 Å². The van der Waals surface area contributed by atoms with Crippen LogP contribution in [0.5, 0.6) is 0 Å². The molecule has 0 bridgehead atoms. The van der Waals surface area contributed by atoms with Crippen molar-refractivity contribution in [1.82, 2.24) is 30.5 Å². The smallest absolute Gasteiger partial charge is 0.408 e. The number of ether oxygens (including phenoxy) is 1. The molecule has 1 atom stereocenters. The maximum atomic E-state index is 12.5. The fraction of sp³-hybridized carbons (Fsp3) is 0.240. The number of aromatic nitrogens is 5. The van der Waals surface area contributed by atoms with Gasteiger partial charge in [0.2, 0.25) is 0 Å². The van der Waals surface area contributed by atoms with Gasteiger partial charge in [0.1, 0.15) is 11.9 Å². The molecule has 0 spiro atoms. The van der Waals surface area contributed by atoms with E-state index >= 15 is 0 Å². The molecule has 0 aliphatic carbocycles. The molecule has 2 heterocycles. The van der Waals surface area contributed by atoms with Crippen LogP contribution in [-0.4, -0.2) is 36.9 Å². The minimum Gasteiger partial charge on any atom is -0.444 e. The Morgan fingerprint density at radius 2 is 1.91 bits per heavy atom. The molecule has 0 saturated heterocycles. The Morgan fingerprint density at radius 3 is 2.56 bits per heavy atom. The molecule has 2 aromatic heterocycles. The van der Waals surface area contributed by atoms with Crippen LogP contribution in [0.15, 0.2) is 73.2 Å². The van der Waals surface area contributed by atoms with Gasteiger partial charge in [0.25, 0.3) is 0 Å². The molecule has 4 rings (SSSR count). The summed E-state index contributed by atoms with van der Waals surface area (Å²) in [6.07, 6.45) is 3.35. The molecule has 1 N–H and O–H groups in total. The molecule has 8 nitrogen and oxygen atoms in total. The molecule has 0 aliphatic heterocycles. The van der Waals surface area contributed by atoms with Crippen LogP contribution in [0.2, 0.25) is 5.02 Å². The molecule has 4 aromatic rings. The van der Waals surface area contributed by atoms with Crippen LogP contribution in [0, 0.1) is 0 Å². The standard InChI is InChI=1S/C25H25ClN6O2/c1-25(2,3)34-24(33)29-22(13-17-7-5-4-6-8-17)21-11-9-18(15-27-21)20-14-19(26)10-12-23(20)32-16-28-30-31-32/h4-12,14-16,22H,13H2,1-3H3,(H,29,33). The van der Waals surface area contributed by atoms with Crippen LogP contribution < -0.4 is 5.32 Å². The van der Waals surface area contributed by atoms with E-state index in [2.05, 4.69) is 25.8 Å². The molecular formula is C25H25ClN6O2. The zero-order valence-electron chi connectivity index (χ0n) is 19.1. The van der Waals surface area contributed by atoms with Gasteiger partial charge in [-0.1, -0.05) is 48.0 Å². The maximum absolute atomic E-state index is 12.5. The lowest BCUT2D eigenvalue weighted by molar-refractivity contribution is 0.0502. The number of carbonyl (C=O) groups excluding carboxylic acids is 1. The number of alkyl carbamates (subject to hydrolysis) is 1. The number of tetrazole rings is 1. The predicted octanol–water partition coefficient (Wildman–Crippen LogP) is 5.19. The SMILES string of the molecule is CC(C)(C)OC(=O)NC(Cc1ccccc1)c1ccc(-c2cc(Cl)ccc2-n2cnnn2)cn1. The average molecular weight is 477 g/mol. The summed E-state index contributed by atoms with van der Waals surface area (Å²) >= 11 is 6.27. The van der Waals surface area contributed by atoms with Crippen molar-refractivity contribution in [3.8, 4) is 16.8 Å². The largest absolute Gasteiger partial charge is 0.444 e. The molecule has 0 aliphatic rings. The molecule has 1 unspecified atom stereocenters. The second kappa shape index (κ2) is 10.0. The topological polar surface area (TPSA) is 94.8 Å². The first kappa shape index (κ1) is 23.4. The van der Waals surface area contributed by atoms with E-state index in [1.54, 1.807) is 16.9 Å². The van der Waals surface area contributed by atoms with Crippen molar-refractivity contribution in [2.75, 3.05) is 0 Å². The predicted molar refractivity (Wildman–Crippen MR) is 130 cm³/mol. The molecular weight excluding hydrogens is 452 g/mol. The molecule has 0 saturated carbocycles. The quantitative estimate of drug-likeness (QED) is 0.411. The van der Waals surface area contributed by atoms with E-state index in [0.717, 1.165) is 22.4 Å². The third kappa shape index (κ3) is 5.96. The summed E-state index contributed by atoms with van der Waals surface area (Å²) in [4.78, 5) is 17.2. The number of carbonyl (C=O) groups is 1. The molecule has 2 aromatic carbocycles. The normalized spacial score (nSPS) is 12.2. The van der Waals surface area contributed by atoms with Crippen LogP contribution in [0.3, 0.4) is 0 Å². The van der Waals surface area contributed by atoms with E-state index in [1.807, 2.05) is 75.4 Å². The Balaban J connectivity index is 1.64. The second-order valence-corrected chi connectivity index (χ2v) is 9.21. The van der Waals surface area contributed by atoms with Crippen molar-refractivity contribution < 1.29 is 9.53 Å². The van der Waals surface area contributed by atoms with Gasteiger partial charge in [-0.15, -0.1) is 5.10 Å². The highest BCUT2D eigenvalue weighted by molar-refractivity contribution is 6.31. The summed E-state index contributed by atoms with van der Waals surface area (Å²) in [7, 11) is 0. The van der Waals surface area contributed by atoms with Gasteiger partial charge < -0.3 is 10.1 Å². The molecule has 174 valence electrons. The van der Waals surface area contributed by atoms with Crippen LogP contribution in [0.4, 0.5) is 4.79 Å². The Labute approximate surface area is 202 Å². The number of hydrogen-bond acceptors (Lipinski definition) is 6. The lowest BCUT2D eigenvalue weighted by Crippen LogP contribution is -2.36. The Bertz CT molecular complexity index is 1240. The summed E-state index contributed by atoms with van der Waals surface area (Å²) in [5.74, 6) is 0. The van der Waals surface area contributed by atoms with Crippen molar-refractivity contribution in [2.24, 2.45) is 0 Å². The van der Waals surface area contributed by atoms with Gasteiger partial charge in [-0.25, -0.2) is 4.79 Å². The summed E-state index contributed by atoms with van der Waals surface area (Å²) in [6, 6.07) is 18.9. The lowest BCUT2D eigenvalue weighted by atomic mass is 10.0. The van der Waals surface area contributed by atoms with Crippen molar-refractivity contribution in [1.29, 1.82) is 0 Å². The van der Waals surface area contributed by atoms with Gasteiger partial charge in [-0.2, -0.15) is 4.68 Å². The first-order chi connectivity index (χ1) is 16.3. The first-order valence-corrected chi connectivity index (χ1v) is 11.2. The number of benzene rings is 2. The van der Waals surface area contributed by atoms with E-state index in [-0.39, 0.29) is 6.04 Å². The summed E-state index contributed by atoms with van der Waals surface area (Å²) in [5, 5.41) is 15.0. The number of pyridine rings is 1. The molecule has 1 amide bonds. The fourth-order valence-electron chi connectivity index (χ4n) is 3.51. The van der Waals surface area contributed by atoms with Crippen molar-refractivity contribution in [3.63, 3.8) is 0 Å². The molecule has 9 heteroatoms. The Morgan fingerprint density at radius 1 is 1.12 bits per heavy atom. The number of nitrogens with zero attached hydrogens (tertiary/aromatic N) is 5. The van der Waals surface area contributed by atoms with E-state index < -0.39 is 11.7 Å². The maximum Gasteiger partial charge on any atom is 0.408 e. The van der Waals surface area contributed by atoms with E-state index in [1.165, 1.54) is 6.33 Å². The Hall–Kier alpha value is -3.78. The Kier molecular flexibility index (Phi) is 6.88. The highest BCUT2D eigenvalue weighted by Crippen LogP contribution is 2.30. The van der Waals surface area contributed by atoms with Crippen LogP contribution in [-0.2, 0) is 11.2 Å². The first-order valence-electron chi connectivity index (χ1n) is 10.8. The van der Waals surface area contributed by atoms with Crippen molar-refractivity contribution in [2.45, 2.75) is 38.8 Å². The van der Waals surface area contributed by atoms with Gasteiger partial charge in [0, 0.05) is 22.3 Å². The van der Waals surface area contributed by atoms with Gasteiger partial charge in [-0.3, -0.25) is 4.98 Å². The fourth-order valence-corrected chi connectivity index (χ4v) is 3.68. The van der Waals surface area contributed by atoms with Gasteiger partial charge in [0.05, 0.1) is 17.4 Å². The summed E-state index contributed by atoms with van der Waals surface area (Å²) in [5.41, 5.74) is 3.63. The average Bonchev–Trinajstić information content (AvgIpc) is 3.33. The summed E-state index contributed by atoms with van der Waals surface area (Å²) < 4.78 is 7.05. The second-order valence-electron chi connectivity index (χ2n) is 8.78. The third-order valence-corrected chi connectivity index (χ3v) is 5.22. The number of nitrogens with one attached hydrogen (secondary N) is 1. The number of amides is 1. The monoisotopic (exact) mass is 476 g/mol. The van der Waals surface area contributed by atoms with Crippen LogP contribution in [0.25, 0.3) is 16.8 Å². The van der Waals surface area contributed by atoms with Crippen LogP contribution in [0.1, 0.15) is 38.1 Å². The van der Waals surface area contributed by atoms with Gasteiger partial charge >= 0.3 is 6.09 Å². The highest BCUT2D eigenvalue weighted by atomic mass is 35.5. The molecule has 0 fully saturated rings. The highest BCUT2D eigenvalue weighted by Gasteiger charge is 2.22. The number of rotatable bonds is 6. The van der Waals surface area contributed by atoms with Gasteiger partial charge in [-0.05, 0) is 67.4 Å². The zero-order valence-corrected chi connectivity index (χ0v) is 19.9. The van der Waals surface area contributed by atoms with Gasteiger partial charge in [0.15, 0.2) is 0 Å². The van der Waals surface area contributed by atoms with E-state index in [4.69, 9.17) is 16.3 Å². The van der Waals surface area contributed by atoms with E-state index in [9.17, 15) is 4.79 Å². The third-order valence-electron chi connectivity index (χ3n) is 4.98. The minimum atomic E-state index is -0.599.